The van der Waals surface area contributed by atoms with E-state index in [1.54, 1.807) is 19.1 Å². The molecular weight excluding hydrogens is 427 g/mol. The van der Waals surface area contributed by atoms with Gasteiger partial charge >= 0.3 is 5.97 Å². The van der Waals surface area contributed by atoms with Crippen LogP contribution in [0.4, 0.5) is 0 Å². The normalized spacial score (nSPS) is 10.4. The zero-order valence-electron chi connectivity index (χ0n) is 16.0. The van der Waals surface area contributed by atoms with Crippen LogP contribution in [0.1, 0.15) is 63.5 Å². The van der Waals surface area contributed by atoms with E-state index >= 15 is 0 Å². The number of aryl methyl sites for hydroxylation is 2. The predicted molar refractivity (Wildman–Crippen MR) is 112 cm³/mol. The van der Waals surface area contributed by atoms with Gasteiger partial charge < -0.3 is 10.2 Å². The van der Waals surface area contributed by atoms with E-state index in [0.29, 0.717) is 11.1 Å². The van der Waals surface area contributed by atoms with Gasteiger partial charge in [-0.1, -0.05) is 26.0 Å². The number of halogens is 1. The number of aromatic carboxylic acids is 1. The summed E-state index contributed by atoms with van der Waals surface area (Å²) in [5.41, 5.74) is 6.96. The zero-order chi connectivity index (χ0) is 19.5. The van der Waals surface area contributed by atoms with Crippen LogP contribution in [0.25, 0.3) is 0 Å². The summed E-state index contributed by atoms with van der Waals surface area (Å²) >= 11 is 2.39. The fourth-order valence-electron chi connectivity index (χ4n) is 2.61. The molecule has 0 aliphatic heterocycles. The third kappa shape index (κ3) is 4.97. The monoisotopic (exact) mass is 454 g/mol. The van der Waals surface area contributed by atoms with E-state index in [2.05, 4.69) is 56.4 Å². The molecule has 0 bridgehead atoms. The first-order valence-electron chi connectivity index (χ1n) is 8.27. The summed E-state index contributed by atoms with van der Waals surface area (Å²) in [6, 6.07) is 5.73. The lowest BCUT2D eigenvalue weighted by molar-refractivity contribution is 0.0692. The second kappa shape index (κ2) is 8.70. The fourth-order valence-corrected chi connectivity index (χ4v) is 3.48. The maximum atomic E-state index is 10.9. The van der Waals surface area contributed by atoms with Gasteiger partial charge in [-0.05, 0) is 103 Å². The Morgan fingerprint density at radius 3 is 2.00 bits per heavy atom. The number of phenols is 1. The van der Waals surface area contributed by atoms with Crippen molar-refractivity contribution in [2.45, 2.75) is 54.4 Å². The second-order valence-electron chi connectivity index (χ2n) is 6.71. The smallest absolute Gasteiger partial charge is 0.339 e. The minimum atomic E-state index is -1.08. The van der Waals surface area contributed by atoms with Gasteiger partial charge in [0, 0.05) is 3.57 Å². The molecule has 2 aromatic carbocycles. The van der Waals surface area contributed by atoms with Gasteiger partial charge in [0.05, 0.1) is 0 Å². The molecule has 4 heteroatoms. The van der Waals surface area contributed by atoms with Crippen molar-refractivity contribution in [2.24, 2.45) is 0 Å². The van der Waals surface area contributed by atoms with Gasteiger partial charge in [0.2, 0.25) is 0 Å². The van der Waals surface area contributed by atoms with Crippen LogP contribution < -0.4 is 0 Å². The molecule has 0 aliphatic carbocycles. The minimum Gasteiger partial charge on any atom is -0.507 e. The van der Waals surface area contributed by atoms with Gasteiger partial charge in [0.25, 0.3) is 0 Å². The van der Waals surface area contributed by atoms with Crippen molar-refractivity contribution in [1.29, 1.82) is 0 Å². The maximum absolute atomic E-state index is 10.9. The lowest BCUT2D eigenvalue weighted by Crippen LogP contribution is -2.03. The number of benzene rings is 2. The van der Waals surface area contributed by atoms with E-state index in [9.17, 15) is 9.90 Å². The summed E-state index contributed by atoms with van der Waals surface area (Å²) in [5, 5.41) is 18.6. The highest BCUT2D eigenvalue weighted by atomic mass is 127. The van der Waals surface area contributed by atoms with Crippen LogP contribution in [-0.2, 0) is 0 Å². The number of carboxylic acids is 1. The number of hydrogen-bond acceptors (Lipinski definition) is 2. The van der Waals surface area contributed by atoms with Crippen LogP contribution in [0.15, 0.2) is 18.2 Å². The Bertz CT molecular complexity index is 766. The zero-order valence-corrected chi connectivity index (χ0v) is 18.1. The van der Waals surface area contributed by atoms with Crippen LogP contribution >= 0.6 is 22.6 Å². The van der Waals surface area contributed by atoms with E-state index in [1.807, 2.05) is 13.8 Å². The van der Waals surface area contributed by atoms with E-state index in [0.717, 1.165) is 0 Å². The molecule has 0 heterocycles. The van der Waals surface area contributed by atoms with Crippen molar-refractivity contribution in [3.8, 4) is 5.75 Å². The molecule has 2 rings (SSSR count). The Hall–Kier alpha value is -1.56. The molecule has 0 aliphatic rings. The molecule has 0 aromatic heterocycles. The van der Waals surface area contributed by atoms with Crippen molar-refractivity contribution in [3.63, 3.8) is 0 Å². The Kier molecular flexibility index (Phi) is 7.47. The third-order valence-corrected chi connectivity index (χ3v) is 5.79. The van der Waals surface area contributed by atoms with Crippen LogP contribution in [0.2, 0.25) is 0 Å². The molecule has 0 atom stereocenters. The largest absolute Gasteiger partial charge is 0.507 e. The standard InChI is InChI=1S/C11H14O3.C10H13I/c1-6(2)8-5-4-7(3)9(10(8)12)11(13)14;1-6-5-10(11)9(4)8(3)7(6)2/h4-6,12H,1-3H3,(H,13,14);5H,1-4H3. The van der Waals surface area contributed by atoms with Gasteiger partial charge in [-0.3, -0.25) is 0 Å². The number of aromatic hydroxyl groups is 1. The van der Waals surface area contributed by atoms with Crippen molar-refractivity contribution in [2.75, 3.05) is 0 Å². The number of carboxylic acid groups (broad SMARTS) is 1. The molecule has 0 saturated heterocycles. The van der Waals surface area contributed by atoms with Crippen molar-refractivity contribution in [1.82, 2.24) is 0 Å². The van der Waals surface area contributed by atoms with Crippen LogP contribution in [0.3, 0.4) is 0 Å². The molecule has 0 amide bonds. The molecule has 0 unspecified atom stereocenters. The lowest BCUT2D eigenvalue weighted by atomic mass is 9.96. The van der Waals surface area contributed by atoms with Gasteiger partial charge in [-0.15, -0.1) is 0 Å². The first-order chi connectivity index (χ1) is 11.5. The first kappa shape index (κ1) is 21.5. The molecule has 0 saturated carbocycles. The van der Waals surface area contributed by atoms with E-state index in [-0.39, 0.29) is 17.2 Å². The van der Waals surface area contributed by atoms with Gasteiger partial charge in [-0.2, -0.15) is 0 Å². The van der Waals surface area contributed by atoms with E-state index in [4.69, 9.17) is 5.11 Å². The number of hydrogen-bond donors (Lipinski definition) is 2. The molecule has 25 heavy (non-hydrogen) atoms. The predicted octanol–water partition coefficient (Wildman–Crippen LogP) is 6.05. The van der Waals surface area contributed by atoms with Crippen molar-refractivity contribution >= 4 is 28.6 Å². The summed E-state index contributed by atoms with van der Waals surface area (Å²) < 4.78 is 1.38. The van der Waals surface area contributed by atoms with E-state index in [1.165, 1.54) is 25.8 Å². The Balaban J connectivity index is 0.000000257. The Morgan fingerprint density at radius 1 is 0.960 bits per heavy atom. The van der Waals surface area contributed by atoms with E-state index < -0.39 is 5.97 Å². The van der Waals surface area contributed by atoms with Gasteiger partial charge in [0.1, 0.15) is 11.3 Å². The average Bonchev–Trinajstić information content (AvgIpc) is 2.51. The van der Waals surface area contributed by atoms with Crippen LogP contribution in [-0.4, -0.2) is 16.2 Å². The maximum Gasteiger partial charge on any atom is 0.339 e. The Morgan fingerprint density at radius 2 is 1.52 bits per heavy atom. The van der Waals surface area contributed by atoms with Crippen molar-refractivity contribution < 1.29 is 15.0 Å². The van der Waals surface area contributed by atoms with Crippen molar-refractivity contribution in [3.05, 3.63) is 60.7 Å². The quantitative estimate of drug-likeness (QED) is 0.544. The summed E-state index contributed by atoms with van der Waals surface area (Å²) in [4.78, 5) is 10.9. The van der Waals surface area contributed by atoms with Gasteiger partial charge in [0.15, 0.2) is 0 Å². The first-order valence-corrected chi connectivity index (χ1v) is 9.35. The third-order valence-electron chi connectivity index (χ3n) is 4.67. The van der Waals surface area contributed by atoms with Crippen LogP contribution in [0.5, 0.6) is 5.75 Å². The second-order valence-corrected chi connectivity index (χ2v) is 7.87. The molecule has 2 N–H and O–H groups in total. The fraction of sp³-hybridized carbons (Fsp3) is 0.381. The summed E-state index contributed by atoms with van der Waals surface area (Å²) in [5.74, 6) is -1.07. The molecule has 3 nitrogen and oxygen atoms in total. The topological polar surface area (TPSA) is 57.5 Å². The summed E-state index contributed by atoms with van der Waals surface area (Å²) in [7, 11) is 0. The molecular formula is C21H27IO3. The summed E-state index contributed by atoms with van der Waals surface area (Å²) in [6.07, 6.45) is 0. The molecule has 0 radical (unpaired) electrons. The molecule has 0 spiro atoms. The summed E-state index contributed by atoms with van der Waals surface area (Å²) in [6.45, 7) is 14.2. The highest BCUT2D eigenvalue weighted by Crippen LogP contribution is 2.31. The lowest BCUT2D eigenvalue weighted by Gasteiger charge is -2.12. The molecule has 2 aromatic rings. The number of carbonyl (C=O) groups is 1. The highest BCUT2D eigenvalue weighted by molar-refractivity contribution is 14.1. The minimum absolute atomic E-state index is 0.0104. The SMILES string of the molecule is Cc1cc(I)c(C)c(C)c1C.Cc1ccc(C(C)C)c(O)c1C(=O)O. The average molecular weight is 454 g/mol. The Labute approximate surface area is 164 Å². The molecule has 136 valence electrons. The molecule has 0 fully saturated rings. The number of rotatable bonds is 2. The van der Waals surface area contributed by atoms with Gasteiger partial charge in [-0.25, -0.2) is 4.79 Å². The highest BCUT2D eigenvalue weighted by Gasteiger charge is 2.17. The van der Waals surface area contributed by atoms with Crippen LogP contribution in [0, 0.1) is 38.2 Å².